The molecule has 1 unspecified atom stereocenters. The van der Waals surface area contributed by atoms with E-state index in [2.05, 4.69) is 72.8 Å². The van der Waals surface area contributed by atoms with Crippen LogP contribution in [0.25, 0.3) is 33.5 Å². The SMILES string of the molecule is c1ccc(P(c2ccccc2-c2nc3ccccc3o2)c2cccc3cccnc23)cc1. The van der Waals surface area contributed by atoms with Crippen LogP contribution in [0, 0.1) is 0 Å². The highest BCUT2D eigenvalue weighted by molar-refractivity contribution is 7.80. The summed E-state index contributed by atoms with van der Waals surface area (Å²) in [7, 11) is -0.882. The third-order valence-electron chi connectivity index (χ3n) is 5.54. The minimum absolute atomic E-state index is 0.651. The smallest absolute Gasteiger partial charge is 0.227 e. The first-order chi connectivity index (χ1) is 15.9. The fourth-order valence-corrected chi connectivity index (χ4v) is 6.66. The molecular formula is C28H19N2OP. The molecule has 1 atom stereocenters. The van der Waals surface area contributed by atoms with Crippen LogP contribution in [-0.4, -0.2) is 9.97 Å². The summed E-state index contributed by atoms with van der Waals surface area (Å²) < 4.78 is 6.19. The van der Waals surface area contributed by atoms with Gasteiger partial charge in [-0.1, -0.05) is 84.9 Å². The van der Waals surface area contributed by atoms with Crippen LogP contribution in [0.1, 0.15) is 0 Å². The molecule has 6 aromatic rings. The second-order valence-electron chi connectivity index (χ2n) is 7.53. The van der Waals surface area contributed by atoms with Crippen molar-refractivity contribution in [1.82, 2.24) is 9.97 Å². The quantitative estimate of drug-likeness (QED) is 0.332. The molecule has 2 aromatic heterocycles. The number of aromatic nitrogens is 2. The number of hydrogen-bond donors (Lipinski definition) is 0. The van der Waals surface area contributed by atoms with Crippen molar-refractivity contribution in [2.75, 3.05) is 0 Å². The summed E-state index contributed by atoms with van der Waals surface area (Å²) in [6, 6.07) is 37.6. The Balaban J connectivity index is 1.63. The highest BCUT2D eigenvalue weighted by atomic mass is 31.1. The van der Waals surface area contributed by atoms with E-state index in [-0.39, 0.29) is 0 Å². The predicted molar refractivity (Wildman–Crippen MR) is 133 cm³/mol. The van der Waals surface area contributed by atoms with Gasteiger partial charge in [0.15, 0.2) is 5.58 Å². The van der Waals surface area contributed by atoms with Gasteiger partial charge in [-0.2, -0.15) is 0 Å². The van der Waals surface area contributed by atoms with E-state index in [1.54, 1.807) is 0 Å². The average Bonchev–Trinajstić information content (AvgIpc) is 3.30. The van der Waals surface area contributed by atoms with Crippen LogP contribution in [-0.2, 0) is 0 Å². The first-order valence-corrected chi connectivity index (χ1v) is 11.9. The Morgan fingerprint density at radius 2 is 1.38 bits per heavy atom. The maximum atomic E-state index is 6.19. The molecule has 0 aliphatic rings. The summed E-state index contributed by atoms with van der Waals surface area (Å²) in [6.45, 7) is 0. The lowest BCUT2D eigenvalue weighted by Crippen LogP contribution is -2.23. The Morgan fingerprint density at radius 1 is 0.625 bits per heavy atom. The molecule has 0 N–H and O–H groups in total. The molecule has 0 radical (unpaired) electrons. The van der Waals surface area contributed by atoms with Gasteiger partial charge in [-0.3, -0.25) is 4.98 Å². The van der Waals surface area contributed by atoms with E-state index >= 15 is 0 Å². The van der Waals surface area contributed by atoms with Crippen LogP contribution in [0.4, 0.5) is 0 Å². The van der Waals surface area contributed by atoms with Gasteiger partial charge in [0.2, 0.25) is 5.89 Å². The van der Waals surface area contributed by atoms with Crippen molar-refractivity contribution in [3.63, 3.8) is 0 Å². The van der Waals surface area contributed by atoms with Crippen LogP contribution in [0.3, 0.4) is 0 Å². The lowest BCUT2D eigenvalue weighted by molar-refractivity contribution is 0.620. The van der Waals surface area contributed by atoms with Crippen molar-refractivity contribution in [2.45, 2.75) is 0 Å². The van der Waals surface area contributed by atoms with Gasteiger partial charge in [0.1, 0.15) is 5.52 Å². The lowest BCUT2D eigenvalue weighted by Gasteiger charge is -2.22. The molecule has 152 valence electrons. The van der Waals surface area contributed by atoms with Crippen molar-refractivity contribution >= 4 is 45.8 Å². The molecule has 2 heterocycles. The second kappa shape index (κ2) is 8.03. The van der Waals surface area contributed by atoms with E-state index in [1.165, 1.54) is 15.9 Å². The monoisotopic (exact) mass is 430 g/mol. The molecule has 4 heteroatoms. The number of oxazole rings is 1. The number of benzene rings is 4. The van der Waals surface area contributed by atoms with Gasteiger partial charge in [-0.15, -0.1) is 0 Å². The number of nitrogens with zero attached hydrogens (tertiary/aromatic N) is 2. The Hall–Kier alpha value is -3.81. The van der Waals surface area contributed by atoms with Gasteiger partial charge in [-0.05, 0) is 42.8 Å². The number of fused-ring (bicyclic) bond motifs is 2. The van der Waals surface area contributed by atoms with E-state index in [9.17, 15) is 0 Å². The number of hydrogen-bond acceptors (Lipinski definition) is 3. The second-order valence-corrected chi connectivity index (χ2v) is 9.68. The molecule has 4 aromatic carbocycles. The largest absolute Gasteiger partial charge is 0.436 e. The molecule has 0 amide bonds. The van der Waals surface area contributed by atoms with Gasteiger partial charge in [0, 0.05) is 22.5 Å². The van der Waals surface area contributed by atoms with Crippen LogP contribution in [0.5, 0.6) is 0 Å². The first-order valence-electron chi connectivity index (χ1n) is 10.5. The predicted octanol–water partition coefficient (Wildman–Crippen LogP) is 5.80. The summed E-state index contributed by atoms with van der Waals surface area (Å²) in [5, 5.41) is 4.85. The number of pyridine rings is 1. The van der Waals surface area contributed by atoms with Crippen molar-refractivity contribution in [2.24, 2.45) is 0 Å². The molecule has 0 saturated carbocycles. The van der Waals surface area contributed by atoms with E-state index in [1.807, 2.05) is 42.6 Å². The average molecular weight is 430 g/mol. The molecule has 6 rings (SSSR count). The molecular weight excluding hydrogens is 411 g/mol. The summed E-state index contributed by atoms with van der Waals surface area (Å²) in [5.74, 6) is 0.651. The van der Waals surface area contributed by atoms with Crippen LogP contribution in [0.2, 0.25) is 0 Å². The number of rotatable bonds is 4. The minimum Gasteiger partial charge on any atom is -0.436 e. The Bertz CT molecular complexity index is 1500. The van der Waals surface area contributed by atoms with Gasteiger partial charge in [0.05, 0.1) is 5.52 Å². The number of para-hydroxylation sites is 3. The Morgan fingerprint density at radius 3 is 2.28 bits per heavy atom. The third kappa shape index (κ3) is 3.28. The Labute approximate surface area is 187 Å². The zero-order chi connectivity index (χ0) is 21.3. The standard InChI is InChI=1S/C28H19N2OP/c1-2-12-21(13-3-1)32(26-18-8-10-20-11-9-19-29-27(20)26)25-17-7-4-14-22(25)28-30-23-15-5-6-16-24(23)31-28/h1-19H. The van der Waals surface area contributed by atoms with E-state index < -0.39 is 7.92 Å². The molecule has 32 heavy (non-hydrogen) atoms. The van der Waals surface area contributed by atoms with Crippen LogP contribution < -0.4 is 15.9 Å². The molecule has 3 nitrogen and oxygen atoms in total. The third-order valence-corrected chi connectivity index (χ3v) is 8.06. The maximum absolute atomic E-state index is 6.19. The fraction of sp³-hybridized carbons (Fsp3) is 0. The van der Waals surface area contributed by atoms with Crippen molar-refractivity contribution < 1.29 is 4.42 Å². The van der Waals surface area contributed by atoms with E-state index in [0.717, 1.165) is 27.6 Å². The molecule has 0 aliphatic heterocycles. The highest BCUT2D eigenvalue weighted by Gasteiger charge is 2.24. The molecule has 0 bridgehead atoms. The van der Waals surface area contributed by atoms with Crippen LogP contribution >= 0.6 is 7.92 Å². The van der Waals surface area contributed by atoms with Crippen molar-refractivity contribution in [1.29, 1.82) is 0 Å². The zero-order valence-electron chi connectivity index (χ0n) is 17.2. The normalized spacial score (nSPS) is 12.2. The van der Waals surface area contributed by atoms with Crippen molar-refractivity contribution in [3.05, 3.63) is 115 Å². The van der Waals surface area contributed by atoms with Gasteiger partial charge < -0.3 is 4.42 Å². The minimum atomic E-state index is -0.882. The summed E-state index contributed by atoms with van der Waals surface area (Å²) in [5.41, 5.74) is 3.73. The van der Waals surface area contributed by atoms with E-state index in [4.69, 9.17) is 14.4 Å². The zero-order valence-corrected chi connectivity index (χ0v) is 18.1. The topological polar surface area (TPSA) is 38.9 Å². The van der Waals surface area contributed by atoms with Gasteiger partial charge in [-0.25, -0.2) is 4.98 Å². The maximum Gasteiger partial charge on any atom is 0.227 e. The van der Waals surface area contributed by atoms with Crippen LogP contribution in [0.15, 0.2) is 120 Å². The van der Waals surface area contributed by atoms with E-state index in [0.29, 0.717) is 5.89 Å². The molecule has 0 saturated heterocycles. The molecule has 0 fully saturated rings. The Kier molecular flexibility index (Phi) is 4.75. The van der Waals surface area contributed by atoms with Gasteiger partial charge >= 0.3 is 0 Å². The summed E-state index contributed by atoms with van der Waals surface area (Å²) in [4.78, 5) is 9.57. The molecule has 0 spiro atoms. The van der Waals surface area contributed by atoms with Gasteiger partial charge in [0.25, 0.3) is 0 Å². The lowest BCUT2D eigenvalue weighted by atomic mass is 10.2. The van der Waals surface area contributed by atoms with Crippen molar-refractivity contribution in [3.8, 4) is 11.5 Å². The fourth-order valence-electron chi connectivity index (χ4n) is 4.09. The molecule has 0 aliphatic carbocycles. The summed E-state index contributed by atoms with van der Waals surface area (Å²) in [6.07, 6.45) is 1.87. The highest BCUT2D eigenvalue weighted by Crippen LogP contribution is 2.39. The summed E-state index contributed by atoms with van der Waals surface area (Å²) >= 11 is 0. The first kappa shape index (κ1) is 18.9.